The Balaban J connectivity index is 1.89. The van der Waals surface area contributed by atoms with Crippen LogP contribution in [0.4, 0.5) is 5.69 Å². The summed E-state index contributed by atoms with van der Waals surface area (Å²) in [6.45, 7) is 2.77. The fourth-order valence-corrected chi connectivity index (χ4v) is 2.01. The van der Waals surface area contributed by atoms with Crippen LogP contribution in [0.25, 0.3) is 0 Å². The van der Waals surface area contributed by atoms with E-state index in [0.717, 1.165) is 23.4 Å². The molecule has 2 rings (SSSR count). The van der Waals surface area contributed by atoms with Crippen molar-refractivity contribution in [3.05, 3.63) is 59.7 Å². The predicted molar refractivity (Wildman–Crippen MR) is 98.1 cm³/mol. The molecule has 0 aliphatic heterocycles. The maximum absolute atomic E-state index is 12.0. The number of amides is 1. The molecule has 5 heteroatoms. The van der Waals surface area contributed by atoms with Crippen molar-refractivity contribution in [2.75, 3.05) is 25.6 Å². The normalized spacial score (nSPS) is 10.6. The molecule has 0 heterocycles. The first kappa shape index (κ1) is 17.5. The fourth-order valence-electron chi connectivity index (χ4n) is 2.01. The Hall–Kier alpha value is -2.82. The van der Waals surface area contributed by atoms with E-state index < -0.39 is 0 Å². The summed E-state index contributed by atoms with van der Waals surface area (Å²) in [7, 11) is 3.91. The number of hydrogen-bond acceptors (Lipinski definition) is 4. The molecule has 5 nitrogen and oxygen atoms in total. The number of carbonyl (C=O) groups is 1. The first-order valence-corrected chi connectivity index (χ1v) is 7.94. The highest BCUT2D eigenvalue weighted by Gasteiger charge is 2.04. The summed E-state index contributed by atoms with van der Waals surface area (Å²) >= 11 is 0. The number of ether oxygens (including phenoxy) is 1. The Morgan fingerprint density at radius 1 is 1.12 bits per heavy atom. The lowest BCUT2D eigenvalue weighted by atomic mass is 10.2. The van der Waals surface area contributed by atoms with Crippen LogP contribution in [0.5, 0.6) is 5.75 Å². The standard InChI is InChI=1S/C19H23N3O2/c1-4-13-24-18-11-5-15(6-12-18)14-20-21-19(23)16-7-9-17(10-8-16)22(2)3/h5-12,14H,4,13H2,1-3H3,(H,21,23)/b20-14+. The molecule has 0 atom stereocenters. The minimum Gasteiger partial charge on any atom is -0.494 e. The molecule has 0 radical (unpaired) electrons. The van der Waals surface area contributed by atoms with Crippen molar-refractivity contribution < 1.29 is 9.53 Å². The molecule has 2 aromatic carbocycles. The van der Waals surface area contributed by atoms with Crippen LogP contribution in [0.1, 0.15) is 29.3 Å². The van der Waals surface area contributed by atoms with Crippen LogP contribution in [-0.4, -0.2) is 32.8 Å². The third-order valence-corrected chi connectivity index (χ3v) is 3.38. The molecular formula is C19H23N3O2. The second-order valence-electron chi connectivity index (χ2n) is 5.56. The van der Waals surface area contributed by atoms with Crippen LogP contribution in [0.2, 0.25) is 0 Å². The van der Waals surface area contributed by atoms with E-state index in [2.05, 4.69) is 17.5 Å². The molecule has 0 spiro atoms. The van der Waals surface area contributed by atoms with Gasteiger partial charge in [0, 0.05) is 25.3 Å². The smallest absolute Gasteiger partial charge is 0.271 e. The average molecular weight is 325 g/mol. The number of hydrazone groups is 1. The quantitative estimate of drug-likeness (QED) is 0.628. The zero-order valence-electron chi connectivity index (χ0n) is 14.3. The number of rotatable bonds is 7. The highest BCUT2D eigenvalue weighted by atomic mass is 16.5. The Morgan fingerprint density at radius 3 is 2.38 bits per heavy atom. The molecule has 0 aliphatic rings. The summed E-state index contributed by atoms with van der Waals surface area (Å²) in [5.74, 6) is 0.596. The first-order valence-electron chi connectivity index (χ1n) is 7.94. The van der Waals surface area contributed by atoms with E-state index in [0.29, 0.717) is 12.2 Å². The SMILES string of the molecule is CCCOc1ccc(/C=N/NC(=O)c2ccc(N(C)C)cc2)cc1. The van der Waals surface area contributed by atoms with Gasteiger partial charge < -0.3 is 9.64 Å². The number of carbonyl (C=O) groups excluding carboxylic acids is 1. The molecule has 0 saturated carbocycles. The number of benzene rings is 2. The van der Waals surface area contributed by atoms with Gasteiger partial charge in [-0.2, -0.15) is 5.10 Å². The summed E-state index contributed by atoms with van der Waals surface area (Å²) in [4.78, 5) is 14.0. The monoisotopic (exact) mass is 325 g/mol. The third kappa shape index (κ3) is 5.12. The lowest BCUT2D eigenvalue weighted by Gasteiger charge is -2.12. The number of nitrogens with one attached hydrogen (secondary N) is 1. The molecular weight excluding hydrogens is 302 g/mol. The summed E-state index contributed by atoms with van der Waals surface area (Å²) in [5.41, 5.74) is 5.03. The van der Waals surface area contributed by atoms with E-state index >= 15 is 0 Å². The first-order chi connectivity index (χ1) is 11.6. The topological polar surface area (TPSA) is 53.9 Å². The zero-order valence-corrected chi connectivity index (χ0v) is 14.3. The van der Waals surface area contributed by atoms with Crippen LogP contribution in [0.3, 0.4) is 0 Å². The van der Waals surface area contributed by atoms with E-state index in [4.69, 9.17) is 4.74 Å². The van der Waals surface area contributed by atoms with Crippen molar-refractivity contribution in [3.63, 3.8) is 0 Å². The number of nitrogens with zero attached hydrogens (tertiary/aromatic N) is 2. The van der Waals surface area contributed by atoms with Crippen molar-refractivity contribution in [3.8, 4) is 5.75 Å². The predicted octanol–water partition coefficient (Wildman–Crippen LogP) is 3.31. The molecule has 0 bridgehead atoms. The molecule has 0 aromatic heterocycles. The Kier molecular flexibility index (Phi) is 6.37. The van der Waals surface area contributed by atoms with Crippen molar-refractivity contribution >= 4 is 17.8 Å². The highest BCUT2D eigenvalue weighted by Crippen LogP contribution is 2.12. The van der Waals surface area contributed by atoms with Gasteiger partial charge in [0.05, 0.1) is 12.8 Å². The van der Waals surface area contributed by atoms with Crippen LogP contribution >= 0.6 is 0 Å². The maximum atomic E-state index is 12.0. The van der Waals surface area contributed by atoms with Crippen molar-refractivity contribution in [2.24, 2.45) is 5.10 Å². The van der Waals surface area contributed by atoms with Gasteiger partial charge in [0.1, 0.15) is 5.75 Å². The highest BCUT2D eigenvalue weighted by molar-refractivity contribution is 5.95. The van der Waals surface area contributed by atoms with Crippen LogP contribution in [0.15, 0.2) is 53.6 Å². The molecule has 0 aliphatic carbocycles. The van der Waals surface area contributed by atoms with Crippen molar-refractivity contribution in [1.82, 2.24) is 5.43 Å². The van der Waals surface area contributed by atoms with Crippen molar-refractivity contribution in [2.45, 2.75) is 13.3 Å². The second-order valence-corrected chi connectivity index (χ2v) is 5.56. The van der Waals surface area contributed by atoms with Gasteiger partial charge in [0.15, 0.2) is 0 Å². The minimum atomic E-state index is -0.237. The average Bonchev–Trinajstić information content (AvgIpc) is 2.61. The molecule has 0 unspecified atom stereocenters. The van der Waals surface area contributed by atoms with Gasteiger partial charge in [-0.15, -0.1) is 0 Å². The largest absolute Gasteiger partial charge is 0.494 e. The third-order valence-electron chi connectivity index (χ3n) is 3.38. The van der Waals surface area contributed by atoms with E-state index in [1.54, 1.807) is 18.3 Å². The van der Waals surface area contributed by atoms with Gasteiger partial charge >= 0.3 is 0 Å². The Bertz CT molecular complexity index is 677. The van der Waals surface area contributed by atoms with Crippen LogP contribution in [0, 0.1) is 0 Å². The Labute approximate surface area is 142 Å². The van der Waals surface area contributed by atoms with E-state index in [1.165, 1.54) is 0 Å². The zero-order chi connectivity index (χ0) is 17.4. The summed E-state index contributed by atoms with van der Waals surface area (Å²) < 4.78 is 5.52. The van der Waals surface area contributed by atoms with Crippen LogP contribution < -0.4 is 15.1 Å². The van der Waals surface area contributed by atoms with Crippen LogP contribution in [-0.2, 0) is 0 Å². The fraction of sp³-hybridized carbons (Fsp3) is 0.263. The minimum absolute atomic E-state index is 0.237. The van der Waals surface area contributed by atoms with E-state index in [9.17, 15) is 4.79 Å². The van der Waals surface area contributed by atoms with E-state index in [1.807, 2.05) is 55.4 Å². The molecule has 24 heavy (non-hydrogen) atoms. The van der Waals surface area contributed by atoms with Gasteiger partial charge in [-0.1, -0.05) is 6.92 Å². The van der Waals surface area contributed by atoms with Gasteiger partial charge in [-0.3, -0.25) is 4.79 Å². The summed E-state index contributed by atoms with van der Waals surface area (Å²) in [6.07, 6.45) is 2.58. The second kappa shape index (κ2) is 8.72. The van der Waals surface area contributed by atoms with Gasteiger partial charge in [-0.05, 0) is 60.5 Å². The lowest BCUT2D eigenvalue weighted by Crippen LogP contribution is -2.17. The summed E-state index contributed by atoms with van der Waals surface area (Å²) in [6, 6.07) is 14.9. The lowest BCUT2D eigenvalue weighted by molar-refractivity contribution is 0.0955. The molecule has 0 fully saturated rings. The van der Waals surface area contributed by atoms with Gasteiger partial charge in [0.2, 0.25) is 0 Å². The number of anilines is 1. The molecule has 0 saturated heterocycles. The molecule has 2 aromatic rings. The molecule has 1 N–H and O–H groups in total. The van der Waals surface area contributed by atoms with Gasteiger partial charge in [0.25, 0.3) is 5.91 Å². The van der Waals surface area contributed by atoms with E-state index in [-0.39, 0.29) is 5.91 Å². The summed E-state index contributed by atoms with van der Waals surface area (Å²) in [5, 5.41) is 3.99. The molecule has 126 valence electrons. The van der Waals surface area contributed by atoms with Gasteiger partial charge in [-0.25, -0.2) is 5.43 Å². The number of hydrogen-bond donors (Lipinski definition) is 1. The maximum Gasteiger partial charge on any atom is 0.271 e. The molecule has 1 amide bonds. The van der Waals surface area contributed by atoms with Crippen molar-refractivity contribution in [1.29, 1.82) is 0 Å². The Morgan fingerprint density at radius 2 is 1.79 bits per heavy atom.